The summed E-state index contributed by atoms with van der Waals surface area (Å²) in [5.74, 6) is -2.24. The van der Waals surface area contributed by atoms with Gasteiger partial charge in [0.15, 0.2) is 11.6 Å². The van der Waals surface area contributed by atoms with Crippen LogP contribution in [0.2, 0.25) is 0 Å². The normalized spacial score (nSPS) is 21.3. The van der Waals surface area contributed by atoms with Crippen LogP contribution in [-0.2, 0) is 0 Å². The first kappa shape index (κ1) is 17.7. The van der Waals surface area contributed by atoms with Gasteiger partial charge in [0.1, 0.15) is 0 Å². The smallest absolute Gasteiger partial charge is 0.257 e. The van der Waals surface area contributed by atoms with Crippen molar-refractivity contribution in [1.29, 1.82) is 0 Å². The number of amides is 1. The molecule has 1 aromatic carbocycles. The Bertz CT molecular complexity index is 574. The van der Waals surface area contributed by atoms with Gasteiger partial charge in [-0.25, -0.2) is 4.39 Å². The summed E-state index contributed by atoms with van der Waals surface area (Å²) in [4.78, 5) is 16.3. The molecule has 0 N–H and O–H groups in total. The summed E-state index contributed by atoms with van der Waals surface area (Å²) < 4.78 is 32.7. The first-order chi connectivity index (χ1) is 10.8. The molecular weight excluding hydrogens is 302 g/mol. The predicted octanol–water partition coefficient (Wildman–Crippen LogP) is 2.63. The minimum absolute atomic E-state index is 0.202. The third-order valence-electron chi connectivity index (χ3n) is 4.64. The first-order valence-corrected chi connectivity index (χ1v) is 7.75. The highest BCUT2D eigenvalue weighted by molar-refractivity contribution is 5.95. The molecule has 1 amide bonds. The Morgan fingerprint density at radius 3 is 2.39 bits per heavy atom. The van der Waals surface area contributed by atoms with E-state index in [0.717, 1.165) is 0 Å². The van der Waals surface area contributed by atoms with Crippen LogP contribution in [0.15, 0.2) is 12.1 Å². The van der Waals surface area contributed by atoms with E-state index in [0.29, 0.717) is 24.9 Å². The zero-order valence-corrected chi connectivity index (χ0v) is 14.3. The van der Waals surface area contributed by atoms with Gasteiger partial charge in [0.05, 0.1) is 12.7 Å². The van der Waals surface area contributed by atoms with Crippen molar-refractivity contribution >= 4 is 5.91 Å². The number of benzene rings is 1. The molecule has 6 heteroatoms. The van der Waals surface area contributed by atoms with Gasteiger partial charge in [-0.15, -0.1) is 0 Å². The Morgan fingerprint density at radius 1 is 1.26 bits per heavy atom. The van der Waals surface area contributed by atoms with Crippen LogP contribution in [0.25, 0.3) is 0 Å². The van der Waals surface area contributed by atoms with E-state index >= 15 is 0 Å². The van der Waals surface area contributed by atoms with E-state index < -0.39 is 17.5 Å². The number of halogens is 2. The Labute approximate surface area is 136 Å². The van der Waals surface area contributed by atoms with Crippen LogP contribution in [0.3, 0.4) is 0 Å². The summed E-state index contributed by atoms with van der Waals surface area (Å²) in [5.41, 5.74) is -0.245. The number of rotatable bonds is 4. The topological polar surface area (TPSA) is 32.8 Å². The molecule has 1 aromatic rings. The second-order valence-electron chi connectivity index (χ2n) is 6.59. The zero-order valence-electron chi connectivity index (χ0n) is 14.3. The average molecular weight is 326 g/mol. The zero-order chi connectivity index (χ0) is 17.3. The number of carbonyl (C=O) groups is 1. The van der Waals surface area contributed by atoms with E-state index in [2.05, 4.69) is 18.7 Å². The van der Waals surface area contributed by atoms with Crippen LogP contribution >= 0.6 is 0 Å². The molecule has 1 aliphatic rings. The van der Waals surface area contributed by atoms with Crippen LogP contribution in [0, 0.1) is 23.5 Å². The standard InChI is InChI=1S/C17H24F2N2O2/c1-10(2)12-8-21(9-13(12)20(3)4)17(22)11-6-7-14(23-5)16(19)15(11)18/h6-7,10,12-13H,8-9H2,1-5H3/t12-,13+/m0/s1. The second kappa shape index (κ2) is 6.83. The maximum absolute atomic E-state index is 14.2. The van der Waals surface area contributed by atoms with Crippen LogP contribution in [0.5, 0.6) is 5.75 Å². The summed E-state index contributed by atoms with van der Waals surface area (Å²) in [7, 11) is 5.21. The lowest BCUT2D eigenvalue weighted by molar-refractivity contribution is 0.0774. The molecule has 1 aliphatic heterocycles. The molecule has 1 heterocycles. The van der Waals surface area contributed by atoms with Gasteiger partial charge in [0.2, 0.25) is 5.82 Å². The molecule has 2 atom stereocenters. The van der Waals surface area contributed by atoms with Crippen molar-refractivity contribution in [2.45, 2.75) is 19.9 Å². The number of ether oxygens (including phenoxy) is 1. The van der Waals surface area contributed by atoms with Crippen molar-refractivity contribution in [2.24, 2.45) is 11.8 Å². The first-order valence-electron chi connectivity index (χ1n) is 7.75. The molecule has 4 nitrogen and oxygen atoms in total. The lowest BCUT2D eigenvalue weighted by atomic mass is 9.91. The Kier molecular flexibility index (Phi) is 5.24. The SMILES string of the molecule is COc1ccc(C(=O)N2C[C@@H](N(C)C)[C@H](C(C)C)C2)c(F)c1F. The van der Waals surface area contributed by atoms with Gasteiger partial charge in [0.25, 0.3) is 5.91 Å². The second-order valence-corrected chi connectivity index (χ2v) is 6.59. The molecule has 0 saturated carbocycles. The minimum atomic E-state index is -1.15. The molecule has 128 valence electrons. The van der Waals surface area contributed by atoms with Gasteiger partial charge in [-0.2, -0.15) is 4.39 Å². The molecule has 1 fully saturated rings. The lowest BCUT2D eigenvalue weighted by Gasteiger charge is -2.27. The Balaban J connectivity index is 2.26. The number of methoxy groups -OCH3 is 1. The van der Waals surface area contributed by atoms with Crippen molar-refractivity contribution < 1.29 is 18.3 Å². The quantitative estimate of drug-likeness (QED) is 0.853. The van der Waals surface area contributed by atoms with E-state index in [1.165, 1.54) is 19.2 Å². The summed E-state index contributed by atoms with van der Waals surface area (Å²) >= 11 is 0. The van der Waals surface area contributed by atoms with Gasteiger partial charge in [-0.05, 0) is 38.1 Å². The third kappa shape index (κ3) is 3.32. The number of likely N-dealkylation sites (tertiary alicyclic amines) is 1. The van der Waals surface area contributed by atoms with E-state index in [1.807, 2.05) is 14.1 Å². The van der Waals surface area contributed by atoms with Gasteiger partial charge in [-0.1, -0.05) is 13.8 Å². The van der Waals surface area contributed by atoms with Crippen molar-refractivity contribution in [3.63, 3.8) is 0 Å². The van der Waals surface area contributed by atoms with Gasteiger partial charge in [-0.3, -0.25) is 4.79 Å². The predicted molar refractivity (Wildman–Crippen MR) is 84.6 cm³/mol. The molecule has 0 spiro atoms. The molecule has 0 aliphatic carbocycles. The number of hydrogen-bond donors (Lipinski definition) is 0. The van der Waals surface area contributed by atoms with E-state index in [9.17, 15) is 13.6 Å². The number of hydrogen-bond acceptors (Lipinski definition) is 3. The third-order valence-corrected chi connectivity index (χ3v) is 4.64. The van der Waals surface area contributed by atoms with Gasteiger partial charge < -0.3 is 14.5 Å². The van der Waals surface area contributed by atoms with Crippen LogP contribution < -0.4 is 4.74 Å². The van der Waals surface area contributed by atoms with E-state index in [-0.39, 0.29) is 17.4 Å². The highest BCUT2D eigenvalue weighted by Crippen LogP contribution is 2.30. The van der Waals surface area contributed by atoms with Crippen LogP contribution in [0.1, 0.15) is 24.2 Å². The molecule has 0 unspecified atom stereocenters. The summed E-state index contributed by atoms with van der Waals surface area (Å²) in [6.07, 6.45) is 0. The number of nitrogens with zero attached hydrogens (tertiary/aromatic N) is 2. The van der Waals surface area contributed by atoms with Crippen LogP contribution in [0.4, 0.5) is 8.78 Å². The fraction of sp³-hybridized carbons (Fsp3) is 0.588. The minimum Gasteiger partial charge on any atom is -0.494 e. The van der Waals surface area contributed by atoms with Crippen molar-refractivity contribution in [3.8, 4) is 5.75 Å². The highest BCUT2D eigenvalue weighted by Gasteiger charge is 2.39. The molecule has 0 bridgehead atoms. The maximum Gasteiger partial charge on any atom is 0.257 e. The van der Waals surface area contributed by atoms with Gasteiger partial charge >= 0.3 is 0 Å². The summed E-state index contributed by atoms with van der Waals surface area (Å²) in [6, 6.07) is 2.78. The molecule has 23 heavy (non-hydrogen) atoms. The Morgan fingerprint density at radius 2 is 1.91 bits per heavy atom. The Hall–Kier alpha value is -1.69. The van der Waals surface area contributed by atoms with Crippen molar-refractivity contribution in [2.75, 3.05) is 34.3 Å². The van der Waals surface area contributed by atoms with E-state index in [1.54, 1.807) is 4.90 Å². The molecular formula is C17H24F2N2O2. The molecule has 0 radical (unpaired) electrons. The molecule has 1 saturated heterocycles. The number of carbonyl (C=O) groups excluding carboxylic acids is 1. The van der Waals surface area contributed by atoms with Crippen LogP contribution in [-0.4, -0.2) is 56.0 Å². The van der Waals surface area contributed by atoms with Crippen molar-refractivity contribution in [1.82, 2.24) is 9.80 Å². The fourth-order valence-electron chi connectivity index (χ4n) is 3.20. The summed E-state index contributed by atoms with van der Waals surface area (Å²) in [6.45, 7) is 5.29. The maximum atomic E-state index is 14.2. The van der Waals surface area contributed by atoms with E-state index in [4.69, 9.17) is 4.74 Å². The lowest BCUT2D eigenvalue weighted by Crippen LogP contribution is -2.37. The van der Waals surface area contributed by atoms with Gasteiger partial charge in [0, 0.05) is 19.1 Å². The number of likely N-dealkylation sites (N-methyl/N-ethyl adjacent to an activating group) is 1. The monoisotopic (exact) mass is 326 g/mol. The van der Waals surface area contributed by atoms with Crippen molar-refractivity contribution in [3.05, 3.63) is 29.3 Å². The molecule has 0 aromatic heterocycles. The fourth-order valence-corrected chi connectivity index (χ4v) is 3.20. The molecule has 2 rings (SSSR count). The largest absolute Gasteiger partial charge is 0.494 e. The average Bonchev–Trinajstić information content (AvgIpc) is 2.95. The summed E-state index contributed by atoms with van der Waals surface area (Å²) in [5, 5.41) is 0. The highest BCUT2D eigenvalue weighted by atomic mass is 19.2.